The molecular formula is C24H29N7O3. The van der Waals surface area contributed by atoms with Gasteiger partial charge in [0.1, 0.15) is 11.3 Å². The molecule has 4 rings (SSSR count). The minimum atomic E-state index is -0.613. The first-order valence-corrected chi connectivity index (χ1v) is 10.6. The smallest absolute Gasteiger partial charge is 0.407 e. The lowest BCUT2D eigenvalue weighted by Crippen LogP contribution is -2.40. The fourth-order valence-electron chi connectivity index (χ4n) is 3.50. The summed E-state index contributed by atoms with van der Waals surface area (Å²) in [6, 6.07) is 14.4. The van der Waals surface area contributed by atoms with Crippen molar-refractivity contribution in [3.8, 4) is 11.3 Å². The van der Waals surface area contributed by atoms with Gasteiger partial charge in [-0.15, -0.1) is 0 Å². The van der Waals surface area contributed by atoms with Gasteiger partial charge in [-0.05, 0) is 32.4 Å². The number of hydrogen-bond acceptors (Lipinski definition) is 6. The summed E-state index contributed by atoms with van der Waals surface area (Å²) in [5.74, 6) is -0.289. The Labute approximate surface area is 197 Å². The fraction of sp³-hybridized carbons (Fsp3) is 0.250. The van der Waals surface area contributed by atoms with Crippen LogP contribution in [0.1, 0.15) is 42.7 Å². The van der Waals surface area contributed by atoms with Crippen LogP contribution in [-0.4, -0.2) is 44.5 Å². The van der Waals surface area contributed by atoms with Crippen molar-refractivity contribution in [2.24, 2.45) is 0 Å². The van der Waals surface area contributed by atoms with Gasteiger partial charge in [-0.3, -0.25) is 15.0 Å². The molecule has 2 aromatic carbocycles. The van der Waals surface area contributed by atoms with Crippen LogP contribution in [0.4, 0.5) is 4.79 Å². The molecule has 7 N–H and O–H groups in total. The van der Waals surface area contributed by atoms with Crippen molar-refractivity contribution >= 4 is 22.9 Å². The second-order valence-electron chi connectivity index (χ2n) is 8.61. The second-order valence-corrected chi connectivity index (χ2v) is 8.61. The summed E-state index contributed by atoms with van der Waals surface area (Å²) in [4.78, 5) is 25.5. The zero-order valence-electron chi connectivity index (χ0n) is 19.4. The van der Waals surface area contributed by atoms with E-state index in [1.165, 1.54) is 0 Å². The normalized spacial score (nSPS) is 12.0. The molecule has 34 heavy (non-hydrogen) atoms. The first-order valence-electron chi connectivity index (χ1n) is 10.6. The summed E-state index contributed by atoms with van der Waals surface area (Å²) >= 11 is 0. The molecule has 10 nitrogen and oxygen atoms in total. The molecule has 0 radical (unpaired) electrons. The van der Waals surface area contributed by atoms with E-state index in [0.717, 1.165) is 16.5 Å². The monoisotopic (exact) mass is 463 g/mol. The molecule has 0 spiro atoms. The van der Waals surface area contributed by atoms with Crippen molar-refractivity contribution in [1.29, 1.82) is 0 Å². The Morgan fingerprint density at radius 3 is 2.53 bits per heavy atom. The third kappa shape index (κ3) is 5.59. The van der Waals surface area contributed by atoms with Crippen LogP contribution in [0, 0.1) is 0 Å². The van der Waals surface area contributed by atoms with E-state index in [2.05, 4.69) is 31.0 Å². The third-order valence-electron chi connectivity index (χ3n) is 4.97. The van der Waals surface area contributed by atoms with Crippen molar-refractivity contribution in [3.63, 3.8) is 0 Å². The lowest BCUT2D eigenvalue weighted by Gasteiger charge is -2.23. The zero-order valence-corrected chi connectivity index (χ0v) is 19.4. The highest BCUT2D eigenvalue weighted by Crippen LogP contribution is 2.27. The molecule has 0 saturated carbocycles. The van der Waals surface area contributed by atoms with E-state index in [9.17, 15) is 9.59 Å². The average Bonchev–Trinajstić information content (AvgIpc) is 3.45. The molecule has 0 saturated heterocycles. The highest BCUT2D eigenvalue weighted by Gasteiger charge is 2.22. The maximum absolute atomic E-state index is 13.3. The van der Waals surface area contributed by atoms with Crippen LogP contribution in [0.5, 0.6) is 0 Å². The molecule has 0 fully saturated rings. The molecule has 0 aliphatic heterocycles. The number of carbonyl (C=O) groups is 2. The van der Waals surface area contributed by atoms with Crippen molar-refractivity contribution in [3.05, 3.63) is 72.1 Å². The highest BCUT2D eigenvalue weighted by molar-refractivity contribution is 6.08. The maximum Gasteiger partial charge on any atom is 0.407 e. The molecule has 2 aromatic heterocycles. The lowest BCUT2D eigenvalue weighted by molar-refractivity contribution is 0.0520. The van der Waals surface area contributed by atoms with E-state index in [4.69, 9.17) is 4.74 Å². The molecule has 178 valence electrons. The number of rotatable bonds is 6. The van der Waals surface area contributed by atoms with Gasteiger partial charge in [0, 0.05) is 23.7 Å². The Morgan fingerprint density at radius 1 is 1.09 bits per heavy atom. The quantitative estimate of drug-likeness (QED) is 0.289. The van der Waals surface area contributed by atoms with Crippen LogP contribution >= 0.6 is 0 Å². The Kier molecular flexibility index (Phi) is 7.32. The SMILES string of the molecule is CC(C)(C)OC(=O)NC[C@H](NC(=O)c1cccc2c(-c3cn[nH]c3)n[nH]c12)c1ccccc1.N. The van der Waals surface area contributed by atoms with Crippen molar-refractivity contribution < 1.29 is 14.3 Å². The number of ether oxygens (including phenoxy) is 1. The maximum atomic E-state index is 13.3. The van der Waals surface area contributed by atoms with Gasteiger partial charge >= 0.3 is 6.09 Å². The Hall–Kier alpha value is -4.18. The number of para-hydroxylation sites is 1. The largest absolute Gasteiger partial charge is 0.444 e. The van der Waals surface area contributed by atoms with Crippen molar-refractivity contribution in [2.45, 2.75) is 32.4 Å². The first-order chi connectivity index (χ1) is 15.8. The first kappa shape index (κ1) is 24.5. The van der Waals surface area contributed by atoms with E-state index in [1.807, 2.05) is 42.5 Å². The number of benzene rings is 2. The van der Waals surface area contributed by atoms with E-state index in [-0.39, 0.29) is 18.6 Å². The van der Waals surface area contributed by atoms with Crippen molar-refractivity contribution in [1.82, 2.24) is 37.2 Å². The molecule has 2 amide bonds. The summed E-state index contributed by atoms with van der Waals surface area (Å²) in [7, 11) is 0. The summed E-state index contributed by atoms with van der Waals surface area (Å²) < 4.78 is 5.33. The molecule has 2 heterocycles. The fourth-order valence-corrected chi connectivity index (χ4v) is 3.50. The van der Waals surface area contributed by atoms with Crippen LogP contribution in [0.25, 0.3) is 22.2 Å². The number of aromatic amines is 2. The Morgan fingerprint density at radius 2 is 1.85 bits per heavy atom. The number of nitrogens with one attached hydrogen (secondary N) is 4. The molecule has 4 aromatic rings. The Bertz CT molecular complexity index is 1240. The van der Waals surface area contributed by atoms with Gasteiger partial charge in [-0.2, -0.15) is 10.2 Å². The van der Waals surface area contributed by atoms with Crippen LogP contribution in [0.2, 0.25) is 0 Å². The van der Waals surface area contributed by atoms with Crippen LogP contribution < -0.4 is 16.8 Å². The minimum absolute atomic E-state index is 0. The van der Waals surface area contributed by atoms with Crippen LogP contribution in [0.15, 0.2) is 60.9 Å². The van der Waals surface area contributed by atoms with Gasteiger partial charge in [0.05, 0.1) is 23.3 Å². The number of alkyl carbamates (subject to hydrolysis) is 1. The topological polar surface area (TPSA) is 160 Å². The predicted molar refractivity (Wildman–Crippen MR) is 130 cm³/mol. The molecule has 0 aliphatic rings. The number of aromatic nitrogens is 4. The van der Waals surface area contributed by atoms with E-state index < -0.39 is 17.7 Å². The van der Waals surface area contributed by atoms with Gasteiger partial charge < -0.3 is 21.5 Å². The van der Waals surface area contributed by atoms with E-state index in [1.54, 1.807) is 39.2 Å². The molecule has 1 atom stereocenters. The average molecular weight is 464 g/mol. The van der Waals surface area contributed by atoms with E-state index in [0.29, 0.717) is 16.8 Å². The minimum Gasteiger partial charge on any atom is -0.444 e. The van der Waals surface area contributed by atoms with Crippen molar-refractivity contribution in [2.75, 3.05) is 6.54 Å². The number of H-pyrrole nitrogens is 2. The summed E-state index contributed by atoms with van der Waals surface area (Å²) in [5.41, 5.74) is 2.85. The number of hydrogen-bond donors (Lipinski definition) is 5. The highest BCUT2D eigenvalue weighted by atomic mass is 16.6. The van der Waals surface area contributed by atoms with Gasteiger partial charge in [0.15, 0.2) is 0 Å². The van der Waals surface area contributed by atoms with Gasteiger partial charge in [0.25, 0.3) is 5.91 Å². The van der Waals surface area contributed by atoms with Crippen LogP contribution in [-0.2, 0) is 4.74 Å². The standard InChI is InChI=1S/C24H26N6O3.H3N/c1-24(2,3)33-23(32)25-14-19(15-8-5-4-6-9-15)28-22(31)18-11-7-10-17-20(29-30-21(17)18)16-12-26-27-13-16;/h4-13,19H,14H2,1-3H3,(H,25,32)(H,26,27)(H,28,31)(H,29,30);1H3/t19-;/m0./s1. The molecular weight excluding hydrogens is 434 g/mol. The van der Waals surface area contributed by atoms with E-state index >= 15 is 0 Å². The predicted octanol–water partition coefficient (Wildman–Crippen LogP) is 4.11. The van der Waals surface area contributed by atoms with Crippen LogP contribution in [0.3, 0.4) is 0 Å². The number of nitrogens with zero attached hydrogens (tertiary/aromatic N) is 2. The van der Waals surface area contributed by atoms with Gasteiger partial charge in [-0.25, -0.2) is 4.79 Å². The second kappa shape index (κ2) is 10.2. The number of fused-ring (bicyclic) bond motifs is 1. The third-order valence-corrected chi connectivity index (χ3v) is 4.97. The summed E-state index contributed by atoms with van der Waals surface area (Å²) in [6.45, 7) is 5.56. The molecule has 0 bridgehead atoms. The summed E-state index contributed by atoms with van der Waals surface area (Å²) in [6.07, 6.45) is 2.88. The Balaban J connectivity index is 0.00000324. The van der Waals surface area contributed by atoms with Gasteiger partial charge in [0.2, 0.25) is 0 Å². The lowest BCUT2D eigenvalue weighted by atomic mass is 10.0. The summed E-state index contributed by atoms with van der Waals surface area (Å²) in [5, 5.41) is 20.7. The zero-order chi connectivity index (χ0) is 23.4. The number of amides is 2. The van der Waals surface area contributed by atoms with Gasteiger partial charge in [-0.1, -0.05) is 42.5 Å². The molecule has 0 unspecified atom stereocenters. The molecule has 0 aliphatic carbocycles. The molecule has 10 heteroatoms. The number of carbonyl (C=O) groups excluding carboxylic acids is 2.